The van der Waals surface area contributed by atoms with Gasteiger partial charge >= 0.3 is 0 Å². The van der Waals surface area contributed by atoms with Gasteiger partial charge in [0.15, 0.2) is 5.65 Å². The van der Waals surface area contributed by atoms with E-state index in [0.717, 1.165) is 22.3 Å². The van der Waals surface area contributed by atoms with Crippen LogP contribution in [0.4, 0.5) is 11.8 Å². The molecule has 4 rings (SSSR count). The van der Waals surface area contributed by atoms with Gasteiger partial charge < -0.3 is 11.5 Å². The Labute approximate surface area is 155 Å². The first-order chi connectivity index (χ1) is 12.6. The number of nitrogens with zero attached hydrogens (tertiary/aromatic N) is 3. The van der Waals surface area contributed by atoms with Crippen molar-refractivity contribution >= 4 is 34.4 Å². The molecule has 128 valence electrons. The highest BCUT2D eigenvalue weighted by molar-refractivity contribution is 6.31. The second kappa shape index (κ2) is 6.61. The van der Waals surface area contributed by atoms with Crippen molar-refractivity contribution in [3.63, 3.8) is 0 Å². The van der Waals surface area contributed by atoms with E-state index in [4.69, 9.17) is 23.1 Å². The van der Waals surface area contributed by atoms with Gasteiger partial charge in [-0.1, -0.05) is 72.3 Å². The number of nitrogen functional groups attached to an aromatic ring is 2. The maximum Gasteiger partial charge on any atom is 0.224 e. The minimum Gasteiger partial charge on any atom is -0.383 e. The molecular weight excluding hydrogens is 346 g/mol. The van der Waals surface area contributed by atoms with E-state index in [9.17, 15) is 0 Å². The van der Waals surface area contributed by atoms with Gasteiger partial charge in [-0.15, -0.1) is 0 Å². The van der Waals surface area contributed by atoms with E-state index in [-0.39, 0.29) is 5.95 Å². The summed E-state index contributed by atoms with van der Waals surface area (Å²) in [5, 5.41) is 1.05. The summed E-state index contributed by atoms with van der Waals surface area (Å²) in [6.07, 6.45) is 0.622. The van der Waals surface area contributed by atoms with Crippen LogP contribution in [0.1, 0.15) is 11.1 Å². The predicted octanol–water partition coefficient (Wildman–Crippen LogP) is 4.10. The molecule has 0 spiro atoms. The molecule has 0 saturated carbocycles. The quantitative estimate of drug-likeness (QED) is 0.536. The Hall–Kier alpha value is -3.18. The zero-order valence-electron chi connectivity index (χ0n) is 13.9. The topological polar surface area (TPSA) is 90.7 Å². The zero-order valence-corrected chi connectivity index (χ0v) is 14.6. The lowest BCUT2D eigenvalue weighted by atomic mass is 9.94. The van der Waals surface area contributed by atoms with Gasteiger partial charge in [-0.25, -0.2) is 4.98 Å². The van der Waals surface area contributed by atoms with Crippen LogP contribution in [-0.2, 0) is 6.42 Å². The summed E-state index contributed by atoms with van der Waals surface area (Å²) in [4.78, 5) is 12.8. The molecule has 0 saturated heterocycles. The van der Waals surface area contributed by atoms with E-state index < -0.39 is 0 Å². The SMILES string of the molecule is Nc1nc(N)c2c(-c3ccccc3)c(Cc3ccccc3)c(Cl)nc2n1. The monoisotopic (exact) mass is 361 g/mol. The fourth-order valence-corrected chi connectivity index (χ4v) is 3.34. The summed E-state index contributed by atoms with van der Waals surface area (Å²) in [5.74, 6) is 0.373. The normalized spacial score (nSPS) is 11.0. The molecule has 0 unspecified atom stereocenters. The molecule has 0 aliphatic rings. The second-order valence-electron chi connectivity index (χ2n) is 5.95. The van der Waals surface area contributed by atoms with Crippen LogP contribution in [0, 0.1) is 0 Å². The van der Waals surface area contributed by atoms with Crippen molar-refractivity contribution in [1.29, 1.82) is 0 Å². The summed E-state index contributed by atoms with van der Waals surface area (Å²) >= 11 is 6.56. The molecule has 5 nitrogen and oxygen atoms in total. The van der Waals surface area contributed by atoms with Gasteiger partial charge in [0, 0.05) is 17.5 Å². The smallest absolute Gasteiger partial charge is 0.224 e. The molecule has 0 aliphatic heterocycles. The summed E-state index contributed by atoms with van der Waals surface area (Å²) < 4.78 is 0. The number of aromatic nitrogens is 3. The lowest BCUT2D eigenvalue weighted by molar-refractivity contribution is 1.14. The summed E-state index contributed by atoms with van der Waals surface area (Å²) in [6.45, 7) is 0. The zero-order chi connectivity index (χ0) is 18.1. The Morgan fingerprint density at radius 3 is 2.15 bits per heavy atom. The van der Waals surface area contributed by atoms with Crippen molar-refractivity contribution in [2.75, 3.05) is 11.5 Å². The largest absolute Gasteiger partial charge is 0.383 e. The van der Waals surface area contributed by atoms with E-state index >= 15 is 0 Å². The number of hydrogen-bond donors (Lipinski definition) is 2. The third kappa shape index (κ3) is 2.93. The molecular formula is C20H16ClN5. The van der Waals surface area contributed by atoms with Crippen molar-refractivity contribution in [3.05, 3.63) is 76.9 Å². The van der Waals surface area contributed by atoms with Gasteiger partial charge in [0.25, 0.3) is 0 Å². The number of rotatable bonds is 3. The Kier molecular flexibility index (Phi) is 4.14. The summed E-state index contributed by atoms with van der Waals surface area (Å²) in [7, 11) is 0. The molecule has 0 aliphatic carbocycles. The maximum absolute atomic E-state index is 6.56. The minimum atomic E-state index is 0.0772. The Morgan fingerprint density at radius 1 is 0.808 bits per heavy atom. The number of benzene rings is 2. The lowest BCUT2D eigenvalue weighted by Gasteiger charge is -2.16. The van der Waals surface area contributed by atoms with Crippen molar-refractivity contribution in [2.45, 2.75) is 6.42 Å². The Bertz CT molecular complexity index is 1080. The van der Waals surface area contributed by atoms with Crippen LogP contribution < -0.4 is 11.5 Å². The molecule has 4 N–H and O–H groups in total. The number of halogens is 1. The van der Waals surface area contributed by atoms with Crippen molar-refractivity contribution < 1.29 is 0 Å². The number of fused-ring (bicyclic) bond motifs is 1. The van der Waals surface area contributed by atoms with Crippen LogP contribution in [0.15, 0.2) is 60.7 Å². The average Bonchev–Trinajstić information content (AvgIpc) is 2.64. The van der Waals surface area contributed by atoms with Crippen molar-refractivity contribution in [1.82, 2.24) is 15.0 Å². The standard InChI is InChI=1S/C20H16ClN5/c21-17-14(11-12-7-3-1-4-8-12)15(13-9-5-2-6-10-13)16-18(22)25-20(23)26-19(16)24-17/h1-10H,11H2,(H4,22,23,24,25,26). The van der Waals surface area contributed by atoms with Crippen LogP contribution >= 0.6 is 11.6 Å². The van der Waals surface area contributed by atoms with E-state index in [2.05, 4.69) is 27.1 Å². The fourth-order valence-electron chi connectivity index (χ4n) is 3.10. The highest BCUT2D eigenvalue weighted by Crippen LogP contribution is 2.38. The molecule has 0 amide bonds. The first-order valence-electron chi connectivity index (χ1n) is 8.14. The van der Waals surface area contributed by atoms with E-state index in [0.29, 0.717) is 28.4 Å². The van der Waals surface area contributed by atoms with Gasteiger partial charge in [-0.3, -0.25) is 0 Å². The third-order valence-electron chi connectivity index (χ3n) is 4.23. The van der Waals surface area contributed by atoms with Crippen LogP contribution in [0.25, 0.3) is 22.2 Å². The lowest BCUT2D eigenvalue weighted by Crippen LogP contribution is -2.06. The highest BCUT2D eigenvalue weighted by atomic mass is 35.5. The first-order valence-corrected chi connectivity index (χ1v) is 8.51. The first kappa shape index (κ1) is 16.3. The van der Waals surface area contributed by atoms with Gasteiger partial charge in [0.05, 0.1) is 5.39 Å². The molecule has 6 heteroatoms. The molecule has 2 heterocycles. The molecule has 2 aromatic heterocycles. The van der Waals surface area contributed by atoms with Crippen LogP contribution in [-0.4, -0.2) is 15.0 Å². The van der Waals surface area contributed by atoms with Crippen molar-refractivity contribution in [3.8, 4) is 11.1 Å². The molecule has 4 aromatic rings. The molecule has 0 atom stereocenters. The molecule has 26 heavy (non-hydrogen) atoms. The third-order valence-corrected chi connectivity index (χ3v) is 4.54. The molecule has 0 fully saturated rings. The number of nitrogens with two attached hydrogens (primary N) is 2. The Balaban J connectivity index is 2.05. The van der Waals surface area contributed by atoms with Gasteiger partial charge in [0.1, 0.15) is 11.0 Å². The van der Waals surface area contributed by atoms with Crippen LogP contribution in [0.3, 0.4) is 0 Å². The van der Waals surface area contributed by atoms with Crippen molar-refractivity contribution in [2.24, 2.45) is 0 Å². The minimum absolute atomic E-state index is 0.0772. The predicted molar refractivity (Wildman–Crippen MR) is 106 cm³/mol. The van der Waals surface area contributed by atoms with E-state index in [1.807, 2.05) is 48.5 Å². The summed E-state index contributed by atoms with van der Waals surface area (Å²) in [6, 6.07) is 20.0. The van der Waals surface area contributed by atoms with E-state index in [1.165, 1.54) is 0 Å². The van der Waals surface area contributed by atoms with Crippen LogP contribution in [0.5, 0.6) is 0 Å². The average molecular weight is 362 g/mol. The summed E-state index contributed by atoms with van der Waals surface area (Å²) in [5.41, 5.74) is 16.2. The molecule has 0 radical (unpaired) electrons. The number of anilines is 2. The number of hydrogen-bond acceptors (Lipinski definition) is 5. The molecule has 2 aromatic carbocycles. The number of pyridine rings is 1. The van der Waals surface area contributed by atoms with Gasteiger partial charge in [-0.05, 0) is 11.1 Å². The Morgan fingerprint density at radius 2 is 1.46 bits per heavy atom. The second-order valence-corrected chi connectivity index (χ2v) is 6.31. The maximum atomic E-state index is 6.56. The molecule has 0 bridgehead atoms. The van der Waals surface area contributed by atoms with Gasteiger partial charge in [-0.2, -0.15) is 9.97 Å². The van der Waals surface area contributed by atoms with Crippen LogP contribution in [0.2, 0.25) is 5.15 Å². The fraction of sp³-hybridized carbons (Fsp3) is 0.0500. The van der Waals surface area contributed by atoms with E-state index in [1.54, 1.807) is 0 Å². The van der Waals surface area contributed by atoms with Gasteiger partial charge in [0.2, 0.25) is 5.95 Å². The highest BCUT2D eigenvalue weighted by Gasteiger charge is 2.19.